The average Bonchev–Trinajstić information content (AvgIpc) is 2.75. The number of aryl methyl sites for hydroxylation is 1. The van der Waals surface area contributed by atoms with Gasteiger partial charge in [-0.15, -0.1) is 0 Å². The van der Waals surface area contributed by atoms with Gasteiger partial charge < -0.3 is 14.4 Å². The van der Waals surface area contributed by atoms with Crippen LogP contribution in [0.4, 0.5) is 5.69 Å². The van der Waals surface area contributed by atoms with Crippen molar-refractivity contribution in [2.45, 2.75) is 20.1 Å². The molecule has 0 amide bonds. The van der Waals surface area contributed by atoms with Crippen LogP contribution in [0.2, 0.25) is 0 Å². The molecule has 0 atom stereocenters. The van der Waals surface area contributed by atoms with Gasteiger partial charge in [0, 0.05) is 12.7 Å². The fraction of sp³-hybridized carbons (Fsp3) is 0.286. The van der Waals surface area contributed by atoms with Gasteiger partial charge in [-0.25, -0.2) is 0 Å². The zero-order chi connectivity index (χ0) is 12.3. The van der Waals surface area contributed by atoms with E-state index in [1.807, 2.05) is 50.4 Å². The van der Waals surface area contributed by atoms with Gasteiger partial charge in [0.05, 0.1) is 13.2 Å². The summed E-state index contributed by atoms with van der Waals surface area (Å²) in [4.78, 5) is 2.11. The van der Waals surface area contributed by atoms with Crippen molar-refractivity contribution in [1.29, 1.82) is 0 Å². The van der Waals surface area contributed by atoms with Gasteiger partial charge in [-0.05, 0) is 36.8 Å². The molecule has 1 heterocycles. The molecule has 2 rings (SSSR count). The van der Waals surface area contributed by atoms with E-state index in [4.69, 9.17) is 9.52 Å². The summed E-state index contributed by atoms with van der Waals surface area (Å²) < 4.78 is 5.54. The minimum absolute atomic E-state index is 0.0847. The highest BCUT2D eigenvalue weighted by molar-refractivity contribution is 5.46. The molecule has 0 aliphatic carbocycles. The molecule has 1 N–H and O–H groups in total. The van der Waals surface area contributed by atoms with Crippen molar-refractivity contribution in [3.8, 4) is 0 Å². The summed E-state index contributed by atoms with van der Waals surface area (Å²) in [6.45, 7) is 2.77. The Morgan fingerprint density at radius 2 is 1.82 bits per heavy atom. The molecule has 0 aliphatic rings. The van der Waals surface area contributed by atoms with E-state index in [1.165, 1.54) is 0 Å². The number of aliphatic hydroxyl groups is 1. The highest BCUT2D eigenvalue weighted by atomic mass is 16.3. The lowest BCUT2D eigenvalue weighted by atomic mass is 10.2. The molecule has 0 unspecified atom stereocenters. The molecular weight excluding hydrogens is 214 g/mol. The third-order valence-electron chi connectivity index (χ3n) is 2.75. The van der Waals surface area contributed by atoms with Crippen molar-refractivity contribution in [3.05, 3.63) is 53.5 Å². The summed E-state index contributed by atoms with van der Waals surface area (Å²) in [5.41, 5.74) is 2.03. The third-order valence-corrected chi connectivity index (χ3v) is 2.75. The first-order valence-electron chi connectivity index (χ1n) is 5.65. The van der Waals surface area contributed by atoms with E-state index in [1.54, 1.807) is 0 Å². The Kier molecular flexibility index (Phi) is 3.49. The van der Waals surface area contributed by atoms with Crippen LogP contribution >= 0.6 is 0 Å². The SMILES string of the molecule is Cc1ccc(CN(C)c2ccc(CO)cc2)o1. The van der Waals surface area contributed by atoms with Crippen LogP contribution in [0.5, 0.6) is 0 Å². The van der Waals surface area contributed by atoms with Gasteiger partial charge in [-0.3, -0.25) is 0 Å². The van der Waals surface area contributed by atoms with Crippen molar-refractivity contribution < 1.29 is 9.52 Å². The number of aliphatic hydroxyl groups excluding tert-OH is 1. The molecule has 0 aliphatic heterocycles. The molecule has 1 aromatic heterocycles. The van der Waals surface area contributed by atoms with Crippen LogP contribution in [0.25, 0.3) is 0 Å². The van der Waals surface area contributed by atoms with Crippen molar-refractivity contribution in [2.75, 3.05) is 11.9 Å². The van der Waals surface area contributed by atoms with Gasteiger partial charge in [0.2, 0.25) is 0 Å². The Hall–Kier alpha value is -1.74. The Morgan fingerprint density at radius 3 is 2.35 bits per heavy atom. The van der Waals surface area contributed by atoms with Crippen LogP contribution in [0.3, 0.4) is 0 Å². The maximum absolute atomic E-state index is 8.98. The summed E-state index contributed by atoms with van der Waals surface area (Å²) in [6, 6.07) is 11.8. The molecule has 1 aromatic carbocycles. The van der Waals surface area contributed by atoms with Crippen molar-refractivity contribution in [3.63, 3.8) is 0 Å². The predicted octanol–water partition coefficient (Wildman–Crippen LogP) is 2.72. The highest BCUT2D eigenvalue weighted by Gasteiger charge is 2.05. The van der Waals surface area contributed by atoms with E-state index < -0.39 is 0 Å². The first-order valence-corrected chi connectivity index (χ1v) is 5.65. The van der Waals surface area contributed by atoms with Crippen molar-refractivity contribution in [2.24, 2.45) is 0 Å². The second-order valence-electron chi connectivity index (χ2n) is 4.19. The van der Waals surface area contributed by atoms with Gasteiger partial charge in [0.1, 0.15) is 11.5 Å². The van der Waals surface area contributed by atoms with Crippen molar-refractivity contribution in [1.82, 2.24) is 0 Å². The third kappa shape index (κ3) is 2.88. The van der Waals surface area contributed by atoms with E-state index in [0.717, 1.165) is 29.3 Å². The van der Waals surface area contributed by atoms with Gasteiger partial charge in [-0.1, -0.05) is 12.1 Å². The van der Waals surface area contributed by atoms with E-state index in [0.29, 0.717) is 0 Å². The number of hydrogen-bond donors (Lipinski definition) is 1. The first kappa shape index (κ1) is 11.7. The summed E-state index contributed by atoms with van der Waals surface area (Å²) in [6.07, 6.45) is 0. The van der Waals surface area contributed by atoms with Gasteiger partial charge in [0.25, 0.3) is 0 Å². The van der Waals surface area contributed by atoms with Crippen molar-refractivity contribution >= 4 is 5.69 Å². The summed E-state index contributed by atoms with van der Waals surface area (Å²) in [5, 5.41) is 8.98. The number of hydrogen-bond acceptors (Lipinski definition) is 3. The Labute approximate surface area is 101 Å². The van der Waals surface area contributed by atoms with Crippen LogP contribution in [-0.2, 0) is 13.2 Å². The van der Waals surface area contributed by atoms with Crippen LogP contribution in [0.1, 0.15) is 17.1 Å². The lowest BCUT2D eigenvalue weighted by molar-refractivity contribution is 0.282. The van der Waals surface area contributed by atoms with Gasteiger partial charge in [-0.2, -0.15) is 0 Å². The van der Waals surface area contributed by atoms with Crippen LogP contribution < -0.4 is 4.90 Å². The number of furan rings is 1. The lowest BCUT2D eigenvalue weighted by Crippen LogP contribution is -2.15. The molecule has 0 radical (unpaired) electrons. The maximum atomic E-state index is 8.98. The number of nitrogens with zero attached hydrogens (tertiary/aromatic N) is 1. The number of rotatable bonds is 4. The van der Waals surface area contributed by atoms with Gasteiger partial charge >= 0.3 is 0 Å². The Bertz CT molecular complexity index is 473. The predicted molar refractivity (Wildman–Crippen MR) is 67.9 cm³/mol. The second kappa shape index (κ2) is 5.06. The Balaban J connectivity index is 2.06. The fourth-order valence-corrected chi connectivity index (χ4v) is 1.75. The topological polar surface area (TPSA) is 36.6 Å². The zero-order valence-corrected chi connectivity index (χ0v) is 10.2. The standard InChI is InChI=1S/C14H17NO2/c1-11-3-8-14(17-11)9-15(2)13-6-4-12(10-16)5-7-13/h3-8,16H,9-10H2,1-2H3. The molecular formula is C14H17NO2. The minimum atomic E-state index is 0.0847. The molecule has 90 valence electrons. The number of anilines is 1. The van der Waals surface area contributed by atoms with Crippen LogP contribution in [-0.4, -0.2) is 12.2 Å². The number of benzene rings is 1. The second-order valence-corrected chi connectivity index (χ2v) is 4.19. The van der Waals surface area contributed by atoms with Crippen LogP contribution in [0.15, 0.2) is 40.8 Å². The summed E-state index contributed by atoms with van der Waals surface area (Å²) >= 11 is 0. The summed E-state index contributed by atoms with van der Waals surface area (Å²) in [5.74, 6) is 1.89. The Morgan fingerprint density at radius 1 is 1.12 bits per heavy atom. The van der Waals surface area contributed by atoms with E-state index in [9.17, 15) is 0 Å². The average molecular weight is 231 g/mol. The molecule has 0 bridgehead atoms. The molecule has 17 heavy (non-hydrogen) atoms. The first-order chi connectivity index (χ1) is 8.19. The quantitative estimate of drug-likeness (QED) is 0.879. The van der Waals surface area contributed by atoms with E-state index in [-0.39, 0.29) is 6.61 Å². The molecule has 0 fully saturated rings. The molecule has 0 spiro atoms. The van der Waals surface area contributed by atoms with E-state index >= 15 is 0 Å². The molecule has 0 saturated heterocycles. The van der Waals surface area contributed by atoms with E-state index in [2.05, 4.69) is 4.90 Å². The monoisotopic (exact) mass is 231 g/mol. The molecule has 3 nitrogen and oxygen atoms in total. The normalized spacial score (nSPS) is 10.5. The fourth-order valence-electron chi connectivity index (χ4n) is 1.75. The molecule has 3 heteroatoms. The maximum Gasteiger partial charge on any atom is 0.123 e. The highest BCUT2D eigenvalue weighted by Crippen LogP contribution is 2.17. The molecule has 2 aromatic rings. The largest absolute Gasteiger partial charge is 0.464 e. The van der Waals surface area contributed by atoms with Crippen LogP contribution in [0, 0.1) is 6.92 Å². The lowest BCUT2D eigenvalue weighted by Gasteiger charge is -2.18. The minimum Gasteiger partial charge on any atom is -0.464 e. The van der Waals surface area contributed by atoms with Gasteiger partial charge in [0.15, 0.2) is 0 Å². The summed E-state index contributed by atoms with van der Waals surface area (Å²) in [7, 11) is 2.02. The smallest absolute Gasteiger partial charge is 0.123 e. The molecule has 0 saturated carbocycles. The zero-order valence-electron chi connectivity index (χ0n) is 10.2.